The van der Waals surface area contributed by atoms with Gasteiger partial charge in [-0.15, -0.1) is 5.10 Å². The number of hydrogen-bond acceptors (Lipinski definition) is 8. The molecule has 1 aliphatic rings. The van der Waals surface area contributed by atoms with Crippen molar-refractivity contribution < 1.29 is 13.5 Å². The Kier molecular flexibility index (Phi) is 6.46. The number of sulfone groups is 1. The summed E-state index contributed by atoms with van der Waals surface area (Å²) in [6.45, 7) is 3.35. The van der Waals surface area contributed by atoms with Crippen LogP contribution in [0.2, 0.25) is 0 Å². The van der Waals surface area contributed by atoms with E-state index in [0.717, 1.165) is 49.7 Å². The molecule has 1 saturated heterocycles. The van der Waals surface area contributed by atoms with E-state index in [9.17, 15) is 8.42 Å². The Hall–Kier alpha value is -1.55. The molecule has 0 spiro atoms. The lowest BCUT2D eigenvalue weighted by Crippen LogP contribution is -2.34. The van der Waals surface area contributed by atoms with Crippen molar-refractivity contribution in [2.24, 2.45) is 0 Å². The smallest absolute Gasteiger partial charge is 0.188 e. The molecule has 1 atom stereocenters. The predicted molar refractivity (Wildman–Crippen MR) is 107 cm³/mol. The van der Waals surface area contributed by atoms with Crippen molar-refractivity contribution in [3.63, 3.8) is 0 Å². The van der Waals surface area contributed by atoms with E-state index >= 15 is 0 Å². The van der Waals surface area contributed by atoms with E-state index in [1.807, 2.05) is 11.9 Å². The van der Waals surface area contributed by atoms with E-state index in [2.05, 4.69) is 38.8 Å². The Morgan fingerprint density at radius 2 is 2.07 bits per heavy atom. The summed E-state index contributed by atoms with van der Waals surface area (Å²) in [6.07, 6.45) is 3.18. The van der Waals surface area contributed by atoms with Crippen molar-refractivity contribution in [1.82, 2.24) is 14.5 Å². The quantitative estimate of drug-likeness (QED) is 0.744. The molecule has 0 radical (unpaired) electrons. The minimum atomic E-state index is -3.28. The van der Waals surface area contributed by atoms with Crippen molar-refractivity contribution in [2.45, 2.75) is 29.5 Å². The summed E-state index contributed by atoms with van der Waals surface area (Å²) >= 11 is 0.974. The van der Waals surface area contributed by atoms with E-state index in [0.29, 0.717) is 16.4 Å². The molecule has 0 amide bonds. The highest BCUT2D eigenvalue weighted by Gasteiger charge is 2.29. The van der Waals surface area contributed by atoms with Crippen LogP contribution >= 0.6 is 11.5 Å². The molecule has 7 nitrogen and oxygen atoms in total. The normalized spacial score (nSPS) is 18.6. The topological polar surface area (TPSA) is 86.6 Å². The highest BCUT2D eigenvalue weighted by atomic mass is 32.2. The summed E-state index contributed by atoms with van der Waals surface area (Å²) in [4.78, 5) is 4.37. The first-order valence-electron chi connectivity index (χ1n) is 9.04. The van der Waals surface area contributed by atoms with Crippen LogP contribution in [-0.4, -0.2) is 67.6 Å². The van der Waals surface area contributed by atoms with E-state index in [4.69, 9.17) is 5.11 Å². The summed E-state index contributed by atoms with van der Waals surface area (Å²) in [7, 11) is -1.32. The fourth-order valence-corrected chi connectivity index (χ4v) is 5.24. The summed E-state index contributed by atoms with van der Waals surface area (Å²) < 4.78 is 28.1. The standard InChI is InChI=1S/C18H26N4O3S2/c1-21(10-11-23)16-7-5-14(6-8-16)12-22-9-3-4-15(13-22)17-18(26-20-19-17)27(2,24)25/h5-8,15,23H,3-4,9-13H2,1-2H3. The van der Waals surface area contributed by atoms with Crippen molar-refractivity contribution in [3.05, 3.63) is 35.5 Å². The van der Waals surface area contributed by atoms with Gasteiger partial charge in [0.1, 0.15) is 0 Å². The molecule has 3 rings (SSSR count). The SMILES string of the molecule is CN(CCO)c1ccc(CN2CCCC(c3nnsc3S(C)(=O)=O)C2)cc1. The molecular formula is C18H26N4O3S2. The molecule has 1 unspecified atom stereocenters. The van der Waals surface area contributed by atoms with Gasteiger partial charge in [0.05, 0.1) is 12.3 Å². The van der Waals surface area contributed by atoms with Crippen LogP contribution in [0, 0.1) is 0 Å². The van der Waals surface area contributed by atoms with Gasteiger partial charge in [-0.1, -0.05) is 16.6 Å². The number of aliphatic hydroxyl groups excluding tert-OH is 1. The second-order valence-electron chi connectivity index (χ2n) is 7.10. The van der Waals surface area contributed by atoms with Crippen molar-refractivity contribution in [2.75, 3.05) is 44.4 Å². The van der Waals surface area contributed by atoms with Gasteiger partial charge in [-0.05, 0) is 37.1 Å². The molecule has 1 aliphatic heterocycles. The third kappa shape index (κ3) is 5.04. The highest BCUT2D eigenvalue weighted by Crippen LogP contribution is 2.32. The molecule has 148 valence electrons. The fraction of sp³-hybridized carbons (Fsp3) is 0.556. The average Bonchev–Trinajstić information content (AvgIpc) is 3.13. The maximum absolute atomic E-state index is 12.0. The number of aliphatic hydroxyl groups is 1. The maximum Gasteiger partial charge on any atom is 0.188 e. The number of hydrogen-bond donors (Lipinski definition) is 1. The Morgan fingerprint density at radius 3 is 2.74 bits per heavy atom. The molecule has 1 fully saturated rings. The summed E-state index contributed by atoms with van der Waals surface area (Å²) in [5, 5.41) is 13.2. The molecule has 1 aromatic heterocycles. The number of likely N-dealkylation sites (tertiary alicyclic amines) is 1. The Bertz CT molecular complexity index is 852. The maximum atomic E-state index is 12.0. The van der Waals surface area contributed by atoms with Gasteiger partial charge >= 0.3 is 0 Å². The molecule has 9 heteroatoms. The van der Waals surface area contributed by atoms with Crippen LogP contribution in [0.3, 0.4) is 0 Å². The third-order valence-corrected chi connectivity index (χ3v) is 7.48. The molecule has 0 bridgehead atoms. The van der Waals surface area contributed by atoms with Crippen LogP contribution in [0.1, 0.15) is 30.0 Å². The molecule has 27 heavy (non-hydrogen) atoms. The second kappa shape index (κ2) is 8.64. The van der Waals surface area contributed by atoms with Gasteiger partial charge in [0.25, 0.3) is 0 Å². The van der Waals surface area contributed by atoms with E-state index in [1.54, 1.807) is 0 Å². The Morgan fingerprint density at radius 1 is 1.33 bits per heavy atom. The molecule has 1 N–H and O–H groups in total. The van der Waals surface area contributed by atoms with Gasteiger partial charge in [-0.3, -0.25) is 4.90 Å². The zero-order chi connectivity index (χ0) is 19.4. The number of likely N-dealkylation sites (N-methyl/N-ethyl adjacent to an activating group) is 1. The van der Waals surface area contributed by atoms with Gasteiger partial charge in [0.2, 0.25) is 0 Å². The number of anilines is 1. The second-order valence-corrected chi connectivity index (χ2v) is 10.1. The number of benzene rings is 1. The average molecular weight is 411 g/mol. The summed E-state index contributed by atoms with van der Waals surface area (Å²) in [6, 6.07) is 8.36. The number of nitrogens with zero attached hydrogens (tertiary/aromatic N) is 4. The fourth-order valence-electron chi connectivity index (χ4n) is 3.51. The Labute approximate surface area is 164 Å². The minimum absolute atomic E-state index is 0.109. The highest BCUT2D eigenvalue weighted by molar-refractivity contribution is 7.92. The zero-order valence-electron chi connectivity index (χ0n) is 15.7. The van der Waals surface area contributed by atoms with Crippen LogP contribution < -0.4 is 4.90 Å². The number of rotatable bonds is 7. The first-order chi connectivity index (χ1) is 12.9. The predicted octanol–water partition coefficient (Wildman–Crippen LogP) is 1.75. The van der Waals surface area contributed by atoms with Gasteiger partial charge in [0, 0.05) is 56.1 Å². The molecule has 2 heterocycles. The Balaban J connectivity index is 1.66. The van der Waals surface area contributed by atoms with Crippen molar-refractivity contribution >= 4 is 27.1 Å². The van der Waals surface area contributed by atoms with Crippen LogP contribution in [0.5, 0.6) is 0 Å². The number of piperidine rings is 1. The zero-order valence-corrected chi connectivity index (χ0v) is 17.3. The van der Waals surface area contributed by atoms with Crippen LogP contribution in [0.4, 0.5) is 5.69 Å². The van der Waals surface area contributed by atoms with Gasteiger partial charge in [-0.25, -0.2) is 8.42 Å². The van der Waals surface area contributed by atoms with Crippen LogP contribution in [0.25, 0.3) is 0 Å². The van der Waals surface area contributed by atoms with Gasteiger partial charge in [0.15, 0.2) is 14.0 Å². The molecule has 1 aromatic carbocycles. The molecule has 0 aliphatic carbocycles. The third-order valence-electron chi connectivity index (χ3n) is 4.93. The summed E-state index contributed by atoms with van der Waals surface area (Å²) in [5.74, 6) is 0.109. The molecule has 0 saturated carbocycles. The largest absolute Gasteiger partial charge is 0.395 e. The number of aromatic nitrogens is 2. The first kappa shape index (κ1) is 20.2. The summed E-state index contributed by atoms with van der Waals surface area (Å²) in [5.41, 5.74) is 2.93. The van der Waals surface area contributed by atoms with E-state index in [1.165, 1.54) is 11.8 Å². The lowest BCUT2D eigenvalue weighted by molar-refractivity contribution is 0.197. The van der Waals surface area contributed by atoms with Gasteiger partial charge < -0.3 is 10.0 Å². The van der Waals surface area contributed by atoms with Crippen LogP contribution in [-0.2, 0) is 16.4 Å². The first-order valence-corrected chi connectivity index (χ1v) is 11.7. The van der Waals surface area contributed by atoms with Crippen molar-refractivity contribution in [3.8, 4) is 0 Å². The lowest BCUT2D eigenvalue weighted by Gasteiger charge is -2.32. The monoisotopic (exact) mass is 410 g/mol. The van der Waals surface area contributed by atoms with Gasteiger partial charge in [-0.2, -0.15) is 0 Å². The van der Waals surface area contributed by atoms with E-state index < -0.39 is 9.84 Å². The molecule has 2 aromatic rings. The lowest BCUT2D eigenvalue weighted by atomic mass is 9.95. The minimum Gasteiger partial charge on any atom is -0.395 e. The molecular weight excluding hydrogens is 384 g/mol. The van der Waals surface area contributed by atoms with Crippen LogP contribution in [0.15, 0.2) is 28.5 Å². The van der Waals surface area contributed by atoms with Crippen molar-refractivity contribution in [1.29, 1.82) is 0 Å². The van der Waals surface area contributed by atoms with E-state index in [-0.39, 0.29) is 12.5 Å².